The molecule has 1 aromatic heterocycles. The van der Waals surface area contributed by atoms with Crippen LogP contribution in [0.3, 0.4) is 0 Å². The Bertz CT molecular complexity index is 477. The minimum absolute atomic E-state index is 0.414. The van der Waals surface area contributed by atoms with Crippen LogP contribution in [0.4, 0.5) is 0 Å². The van der Waals surface area contributed by atoms with Crippen LogP contribution in [0.2, 0.25) is 0 Å². The van der Waals surface area contributed by atoms with Crippen molar-refractivity contribution >= 4 is 11.1 Å². The highest BCUT2D eigenvalue weighted by Gasteiger charge is 2.09. The van der Waals surface area contributed by atoms with Gasteiger partial charge in [0.05, 0.1) is 13.7 Å². The lowest BCUT2D eigenvalue weighted by molar-refractivity contribution is 0.419. The SMILES string of the molecule is COc1cccc2oc(CNC(C)C)nc12. The topological polar surface area (TPSA) is 47.3 Å². The smallest absolute Gasteiger partial charge is 0.209 e. The Hall–Kier alpha value is -1.55. The number of fused-ring (bicyclic) bond motifs is 1. The molecule has 0 aliphatic carbocycles. The van der Waals surface area contributed by atoms with Crippen molar-refractivity contribution in [2.24, 2.45) is 0 Å². The van der Waals surface area contributed by atoms with E-state index in [1.807, 2.05) is 18.2 Å². The Morgan fingerprint density at radius 2 is 2.25 bits per heavy atom. The largest absolute Gasteiger partial charge is 0.494 e. The van der Waals surface area contributed by atoms with Gasteiger partial charge in [0, 0.05) is 6.04 Å². The van der Waals surface area contributed by atoms with Crippen LogP contribution in [0.25, 0.3) is 11.1 Å². The summed E-state index contributed by atoms with van der Waals surface area (Å²) in [5.74, 6) is 1.44. The van der Waals surface area contributed by atoms with Crippen LogP contribution in [0.1, 0.15) is 19.7 Å². The van der Waals surface area contributed by atoms with E-state index in [1.165, 1.54) is 0 Å². The summed E-state index contributed by atoms with van der Waals surface area (Å²) in [6.45, 7) is 4.81. The molecule has 0 fully saturated rings. The monoisotopic (exact) mass is 220 g/mol. The molecular weight excluding hydrogens is 204 g/mol. The zero-order valence-electron chi connectivity index (χ0n) is 9.78. The first kappa shape index (κ1) is 11.0. The Kier molecular flexibility index (Phi) is 3.10. The lowest BCUT2D eigenvalue weighted by atomic mass is 10.3. The van der Waals surface area contributed by atoms with Crippen LogP contribution in [0.5, 0.6) is 5.75 Å². The molecule has 0 amide bonds. The molecule has 0 spiro atoms. The zero-order chi connectivity index (χ0) is 11.5. The summed E-state index contributed by atoms with van der Waals surface area (Å²) in [5, 5.41) is 3.26. The zero-order valence-corrected chi connectivity index (χ0v) is 9.78. The first-order chi connectivity index (χ1) is 7.70. The van der Waals surface area contributed by atoms with Gasteiger partial charge in [-0.3, -0.25) is 0 Å². The second-order valence-electron chi connectivity index (χ2n) is 3.95. The summed E-state index contributed by atoms with van der Waals surface area (Å²) in [6.07, 6.45) is 0. The second-order valence-corrected chi connectivity index (χ2v) is 3.95. The van der Waals surface area contributed by atoms with Crippen molar-refractivity contribution < 1.29 is 9.15 Å². The molecule has 86 valence electrons. The van der Waals surface area contributed by atoms with Crippen molar-refractivity contribution in [1.82, 2.24) is 10.3 Å². The van der Waals surface area contributed by atoms with Crippen molar-refractivity contribution in [3.8, 4) is 5.75 Å². The fourth-order valence-corrected chi connectivity index (χ4v) is 1.50. The van der Waals surface area contributed by atoms with Gasteiger partial charge in [0.1, 0.15) is 5.75 Å². The minimum atomic E-state index is 0.414. The number of methoxy groups -OCH3 is 1. The molecule has 16 heavy (non-hydrogen) atoms. The molecular formula is C12H16N2O2. The normalized spacial score (nSPS) is 11.2. The van der Waals surface area contributed by atoms with Gasteiger partial charge in [0.2, 0.25) is 5.89 Å². The van der Waals surface area contributed by atoms with Gasteiger partial charge in [-0.1, -0.05) is 19.9 Å². The number of rotatable bonds is 4. The highest BCUT2D eigenvalue weighted by atomic mass is 16.5. The molecule has 0 saturated heterocycles. The Labute approximate surface area is 94.6 Å². The van der Waals surface area contributed by atoms with E-state index in [2.05, 4.69) is 24.1 Å². The summed E-state index contributed by atoms with van der Waals surface area (Å²) in [5.41, 5.74) is 1.55. The summed E-state index contributed by atoms with van der Waals surface area (Å²) in [6, 6.07) is 6.08. The number of aromatic nitrogens is 1. The molecule has 0 atom stereocenters. The highest BCUT2D eigenvalue weighted by molar-refractivity contribution is 5.79. The van der Waals surface area contributed by atoms with Gasteiger partial charge in [0.15, 0.2) is 11.1 Å². The molecule has 2 aromatic rings. The number of nitrogens with zero attached hydrogens (tertiary/aromatic N) is 1. The number of nitrogens with one attached hydrogen (secondary N) is 1. The van der Waals surface area contributed by atoms with E-state index in [0.29, 0.717) is 18.5 Å². The third-order valence-corrected chi connectivity index (χ3v) is 2.31. The van der Waals surface area contributed by atoms with Crippen molar-refractivity contribution in [2.45, 2.75) is 26.4 Å². The number of benzene rings is 1. The average Bonchev–Trinajstić information content (AvgIpc) is 2.68. The molecule has 0 aliphatic rings. The lowest BCUT2D eigenvalue weighted by Crippen LogP contribution is -2.21. The van der Waals surface area contributed by atoms with Gasteiger partial charge in [-0.05, 0) is 12.1 Å². The Morgan fingerprint density at radius 3 is 2.94 bits per heavy atom. The first-order valence-electron chi connectivity index (χ1n) is 5.36. The summed E-state index contributed by atoms with van der Waals surface area (Å²) in [4.78, 5) is 4.40. The predicted octanol–water partition coefficient (Wildman–Crippen LogP) is 2.33. The molecule has 2 rings (SSSR count). The highest BCUT2D eigenvalue weighted by Crippen LogP contribution is 2.25. The number of ether oxygens (including phenoxy) is 1. The van der Waals surface area contributed by atoms with Crippen molar-refractivity contribution in [2.75, 3.05) is 7.11 Å². The van der Waals surface area contributed by atoms with E-state index in [-0.39, 0.29) is 0 Å². The molecule has 0 radical (unpaired) electrons. The third kappa shape index (κ3) is 2.17. The van der Waals surface area contributed by atoms with E-state index in [9.17, 15) is 0 Å². The van der Waals surface area contributed by atoms with Crippen molar-refractivity contribution in [3.63, 3.8) is 0 Å². The van der Waals surface area contributed by atoms with Crippen LogP contribution in [0.15, 0.2) is 22.6 Å². The van der Waals surface area contributed by atoms with Crippen LogP contribution in [-0.4, -0.2) is 18.1 Å². The molecule has 4 nitrogen and oxygen atoms in total. The van der Waals surface area contributed by atoms with E-state index >= 15 is 0 Å². The minimum Gasteiger partial charge on any atom is -0.494 e. The molecule has 0 aliphatic heterocycles. The average molecular weight is 220 g/mol. The fraction of sp³-hybridized carbons (Fsp3) is 0.417. The number of hydrogen-bond donors (Lipinski definition) is 1. The van der Waals surface area contributed by atoms with E-state index in [4.69, 9.17) is 9.15 Å². The maximum Gasteiger partial charge on any atom is 0.209 e. The third-order valence-electron chi connectivity index (χ3n) is 2.31. The van der Waals surface area contributed by atoms with Crippen molar-refractivity contribution in [1.29, 1.82) is 0 Å². The Morgan fingerprint density at radius 1 is 1.44 bits per heavy atom. The molecule has 0 unspecified atom stereocenters. The maximum atomic E-state index is 5.61. The van der Waals surface area contributed by atoms with Crippen LogP contribution >= 0.6 is 0 Å². The van der Waals surface area contributed by atoms with Crippen LogP contribution in [-0.2, 0) is 6.54 Å². The first-order valence-corrected chi connectivity index (χ1v) is 5.36. The van der Waals surface area contributed by atoms with E-state index in [0.717, 1.165) is 16.8 Å². The molecule has 0 saturated carbocycles. The van der Waals surface area contributed by atoms with E-state index < -0.39 is 0 Å². The number of hydrogen-bond acceptors (Lipinski definition) is 4. The van der Waals surface area contributed by atoms with Crippen LogP contribution < -0.4 is 10.1 Å². The van der Waals surface area contributed by atoms with Crippen molar-refractivity contribution in [3.05, 3.63) is 24.1 Å². The molecule has 1 N–H and O–H groups in total. The van der Waals surface area contributed by atoms with Gasteiger partial charge >= 0.3 is 0 Å². The molecule has 1 heterocycles. The maximum absolute atomic E-state index is 5.61. The second kappa shape index (κ2) is 4.53. The van der Waals surface area contributed by atoms with Gasteiger partial charge in [0.25, 0.3) is 0 Å². The lowest BCUT2D eigenvalue weighted by Gasteiger charge is -2.03. The quantitative estimate of drug-likeness (QED) is 0.859. The number of oxazole rings is 1. The number of para-hydroxylation sites is 1. The van der Waals surface area contributed by atoms with E-state index in [1.54, 1.807) is 7.11 Å². The standard InChI is InChI=1S/C12H16N2O2/c1-8(2)13-7-11-14-12-9(15-3)5-4-6-10(12)16-11/h4-6,8,13H,7H2,1-3H3. The summed E-state index contributed by atoms with van der Waals surface area (Å²) < 4.78 is 10.8. The summed E-state index contributed by atoms with van der Waals surface area (Å²) in [7, 11) is 1.63. The molecule has 0 bridgehead atoms. The van der Waals surface area contributed by atoms with Gasteiger partial charge in [-0.2, -0.15) is 0 Å². The Balaban J connectivity index is 2.29. The van der Waals surface area contributed by atoms with Gasteiger partial charge in [-0.25, -0.2) is 4.98 Å². The van der Waals surface area contributed by atoms with Crippen LogP contribution in [0, 0.1) is 0 Å². The summed E-state index contributed by atoms with van der Waals surface area (Å²) >= 11 is 0. The fourth-order valence-electron chi connectivity index (χ4n) is 1.50. The van der Waals surface area contributed by atoms with Gasteiger partial charge < -0.3 is 14.5 Å². The molecule has 4 heteroatoms. The molecule has 1 aromatic carbocycles. The van der Waals surface area contributed by atoms with Gasteiger partial charge in [-0.15, -0.1) is 0 Å². The predicted molar refractivity (Wildman–Crippen MR) is 62.5 cm³/mol.